The minimum absolute atomic E-state index is 0.628. The Kier molecular flexibility index (Phi) is 2.60. The van der Waals surface area contributed by atoms with E-state index >= 15 is 0 Å². The maximum Gasteiger partial charge on any atom is 0.0386 e. The second kappa shape index (κ2) is 4.25. The highest BCUT2D eigenvalue weighted by molar-refractivity contribution is 5.74. The molecule has 3 rings (SSSR count). The van der Waals surface area contributed by atoms with E-state index in [-0.39, 0.29) is 0 Å². The van der Waals surface area contributed by atoms with Crippen LogP contribution in [0.25, 0.3) is 5.70 Å². The van der Waals surface area contributed by atoms with Gasteiger partial charge in [0.25, 0.3) is 0 Å². The van der Waals surface area contributed by atoms with Gasteiger partial charge in [0.2, 0.25) is 0 Å². The summed E-state index contributed by atoms with van der Waals surface area (Å²) in [6.07, 6.45) is 12.1. The number of hydrogen-bond acceptors (Lipinski definition) is 1. The number of nitrogens with two attached hydrogens (primary N) is 1. The first kappa shape index (κ1) is 10.4. The third-order valence-electron chi connectivity index (χ3n) is 3.67. The molecule has 2 aliphatic carbocycles. The molecular weight excluding hydrogens is 206 g/mol. The quantitative estimate of drug-likeness (QED) is 0.816. The fraction of sp³-hybridized carbons (Fsp3) is 0.250. The molecule has 1 atom stereocenters. The summed E-state index contributed by atoms with van der Waals surface area (Å²) >= 11 is 0. The van der Waals surface area contributed by atoms with Crippen molar-refractivity contribution in [2.75, 3.05) is 0 Å². The van der Waals surface area contributed by atoms with Gasteiger partial charge >= 0.3 is 0 Å². The van der Waals surface area contributed by atoms with E-state index < -0.39 is 0 Å². The highest BCUT2D eigenvalue weighted by Gasteiger charge is 2.20. The Morgan fingerprint density at radius 3 is 2.82 bits per heavy atom. The van der Waals surface area contributed by atoms with Crippen LogP contribution in [0.2, 0.25) is 0 Å². The molecule has 0 spiro atoms. The van der Waals surface area contributed by atoms with Crippen molar-refractivity contribution in [3.63, 3.8) is 0 Å². The molecule has 0 aromatic heterocycles. The van der Waals surface area contributed by atoms with Crippen LogP contribution >= 0.6 is 0 Å². The molecule has 86 valence electrons. The van der Waals surface area contributed by atoms with Crippen LogP contribution in [0.1, 0.15) is 24.0 Å². The smallest absolute Gasteiger partial charge is 0.0386 e. The second-order valence-electron chi connectivity index (χ2n) is 4.86. The highest BCUT2D eigenvalue weighted by Crippen LogP contribution is 2.34. The van der Waals surface area contributed by atoms with Gasteiger partial charge < -0.3 is 5.73 Å². The van der Waals surface area contributed by atoms with Crippen molar-refractivity contribution >= 4 is 5.70 Å². The molecule has 0 amide bonds. The van der Waals surface area contributed by atoms with Crippen molar-refractivity contribution in [1.29, 1.82) is 0 Å². The second-order valence-corrected chi connectivity index (χ2v) is 4.86. The van der Waals surface area contributed by atoms with Crippen LogP contribution in [0.15, 0.2) is 54.1 Å². The van der Waals surface area contributed by atoms with Crippen LogP contribution in [0.4, 0.5) is 0 Å². The fourth-order valence-corrected chi connectivity index (χ4v) is 2.73. The molecule has 0 aliphatic heterocycles. The van der Waals surface area contributed by atoms with Crippen LogP contribution in [0.3, 0.4) is 0 Å². The average molecular weight is 223 g/mol. The first-order chi connectivity index (χ1) is 8.34. The normalized spacial score (nSPS) is 22.0. The Hall–Kier alpha value is -1.76. The maximum atomic E-state index is 6.25. The van der Waals surface area contributed by atoms with Crippen molar-refractivity contribution in [1.82, 2.24) is 0 Å². The van der Waals surface area contributed by atoms with Gasteiger partial charge in [-0.05, 0) is 36.3 Å². The van der Waals surface area contributed by atoms with E-state index in [0.29, 0.717) is 5.92 Å². The summed E-state index contributed by atoms with van der Waals surface area (Å²) in [5, 5.41) is 0. The number of hydrogen-bond donors (Lipinski definition) is 1. The number of rotatable bonds is 2. The molecule has 0 radical (unpaired) electrons. The molecule has 17 heavy (non-hydrogen) atoms. The van der Waals surface area contributed by atoms with Crippen LogP contribution in [0.5, 0.6) is 0 Å². The van der Waals surface area contributed by atoms with Crippen LogP contribution in [-0.4, -0.2) is 0 Å². The lowest BCUT2D eigenvalue weighted by atomic mass is 9.92. The fourth-order valence-electron chi connectivity index (χ4n) is 2.73. The zero-order valence-corrected chi connectivity index (χ0v) is 9.89. The van der Waals surface area contributed by atoms with Crippen molar-refractivity contribution in [3.8, 4) is 0 Å². The molecule has 0 saturated carbocycles. The third-order valence-corrected chi connectivity index (χ3v) is 3.67. The molecule has 0 fully saturated rings. The van der Waals surface area contributed by atoms with E-state index in [0.717, 1.165) is 25.0 Å². The summed E-state index contributed by atoms with van der Waals surface area (Å²) in [6, 6.07) is 8.48. The largest absolute Gasteiger partial charge is 0.398 e. The predicted molar refractivity (Wildman–Crippen MR) is 72.3 cm³/mol. The Bertz CT molecular complexity index is 520. The first-order valence-corrected chi connectivity index (χ1v) is 6.23. The first-order valence-electron chi connectivity index (χ1n) is 6.23. The molecule has 1 aromatic rings. The number of fused-ring (bicyclic) bond motifs is 1. The lowest BCUT2D eigenvalue weighted by Gasteiger charge is -2.14. The Morgan fingerprint density at radius 1 is 1.18 bits per heavy atom. The standard InChI is InChI=1S/C16H17N/c17-16-14(10-12-6-2-1-3-7-12)11-13-8-4-5-9-15(13)16/h1-6,8-9,12H,7,10-11,17H2. The molecular formula is C16H17N. The molecule has 1 nitrogen and oxygen atoms in total. The minimum Gasteiger partial charge on any atom is -0.398 e. The summed E-state index contributed by atoms with van der Waals surface area (Å²) in [6.45, 7) is 0. The van der Waals surface area contributed by atoms with Crippen molar-refractivity contribution in [2.45, 2.75) is 19.3 Å². The van der Waals surface area contributed by atoms with Crippen molar-refractivity contribution in [2.24, 2.45) is 11.7 Å². The van der Waals surface area contributed by atoms with E-state index in [1.165, 1.54) is 16.7 Å². The minimum atomic E-state index is 0.628. The topological polar surface area (TPSA) is 26.0 Å². The lowest BCUT2D eigenvalue weighted by Crippen LogP contribution is -2.03. The summed E-state index contributed by atoms with van der Waals surface area (Å²) in [4.78, 5) is 0. The Morgan fingerprint density at radius 2 is 2.06 bits per heavy atom. The Balaban J connectivity index is 1.80. The molecule has 0 saturated heterocycles. The molecule has 1 aromatic carbocycles. The van der Waals surface area contributed by atoms with Crippen molar-refractivity contribution in [3.05, 3.63) is 65.3 Å². The van der Waals surface area contributed by atoms with Crippen LogP contribution in [-0.2, 0) is 6.42 Å². The van der Waals surface area contributed by atoms with Gasteiger partial charge in [0.1, 0.15) is 0 Å². The summed E-state index contributed by atoms with van der Waals surface area (Å²) in [5.41, 5.74) is 11.3. The van der Waals surface area contributed by atoms with Gasteiger partial charge in [-0.2, -0.15) is 0 Å². The summed E-state index contributed by atoms with van der Waals surface area (Å²) in [5.74, 6) is 0.628. The maximum absolute atomic E-state index is 6.25. The van der Waals surface area contributed by atoms with Gasteiger partial charge in [-0.1, -0.05) is 48.6 Å². The van der Waals surface area contributed by atoms with Gasteiger partial charge in [0.15, 0.2) is 0 Å². The van der Waals surface area contributed by atoms with Crippen LogP contribution < -0.4 is 5.73 Å². The van der Waals surface area contributed by atoms with E-state index in [2.05, 4.69) is 48.6 Å². The number of allylic oxidation sites excluding steroid dienone is 5. The van der Waals surface area contributed by atoms with Gasteiger partial charge in [-0.15, -0.1) is 0 Å². The van der Waals surface area contributed by atoms with Gasteiger partial charge in [0, 0.05) is 11.3 Å². The molecule has 1 heteroatoms. The van der Waals surface area contributed by atoms with E-state index in [1.54, 1.807) is 0 Å². The van der Waals surface area contributed by atoms with Gasteiger partial charge in [0.05, 0.1) is 0 Å². The van der Waals surface area contributed by atoms with E-state index in [9.17, 15) is 0 Å². The van der Waals surface area contributed by atoms with Gasteiger partial charge in [-0.3, -0.25) is 0 Å². The van der Waals surface area contributed by atoms with Crippen LogP contribution in [0, 0.1) is 5.92 Å². The van der Waals surface area contributed by atoms with E-state index in [1.807, 2.05) is 0 Å². The zero-order chi connectivity index (χ0) is 11.7. The zero-order valence-electron chi connectivity index (χ0n) is 9.89. The monoisotopic (exact) mass is 223 g/mol. The van der Waals surface area contributed by atoms with Crippen molar-refractivity contribution < 1.29 is 0 Å². The van der Waals surface area contributed by atoms with Gasteiger partial charge in [-0.25, -0.2) is 0 Å². The molecule has 0 bridgehead atoms. The number of benzene rings is 1. The molecule has 1 unspecified atom stereocenters. The SMILES string of the molecule is NC1=C(CC2C=CC=CC2)Cc2ccccc21. The summed E-state index contributed by atoms with van der Waals surface area (Å²) in [7, 11) is 0. The molecule has 2 N–H and O–H groups in total. The molecule has 2 aliphatic rings. The third kappa shape index (κ3) is 1.93. The highest BCUT2D eigenvalue weighted by atomic mass is 14.6. The predicted octanol–water partition coefficient (Wildman–Crippen LogP) is 3.43. The summed E-state index contributed by atoms with van der Waals surface area (Å²) < 4.78 is 0. The average Bonchev–Trinajstić information content (AvgIpc) is 2.68. The van der Waals surface area contributed by atoms with E-state index in [4.69, 9.17) is 5.73 Å². The Labute approximate surface area is 102 Å². The molecule has 0 heterocycles. The lowest BCUT2D eigenvalue weighted by molar-refractivity contribution is 0.643.